The van der Waals surface area contributed by atoms with Gasteiger partial charge in [0.15, 0.2) is 0 Å². The molecular weight excluding hydrogens is 727 g/mol. The maximum Gasteiger partial charge on any atom is 0.408 e. The topological polar surface area (TPSA) is 182 Å². The summed E-state index contributed by atoms with van der Waals surface area (Å²) in [6.45, 7) is 3.54. The third-order valence-electron chi connectivity index (χ3n) is 12.8. The number of hydrogen-bond donors (Lipinski definition) is 3. The molecule has 15 heteroatoms. The smallest absolute Gasteiger partial charge is 0.408 e. The maximum atomic E-state index is 14.7. The van der Waals surface area contributed by atoms with Crippen LogP contribution in [0.5, 0.6) is 11.5 Å². The van der Waals surface area contributed by atoms with E-state index in [1.54, 1.807) is 14.0 Å². The summed E-state index contributed by atoms with van der Waals surface area (Å²) in [5.41, 5.74) is -0.0197. The number of rotatable bonds is 6. The van der Waals surface area contributed by atoms with Crippen molar-refractivity contribution in [3.8, 4) is 11.5 Å². The van der Waals surface area contributed by atoms with E-state index in [9.17, 15) is 27.6 Å². The van der Waals surface area contributed by atoms with E-state index in [0.717, 1.165) is 48.6 Å². The van der Waals surface area contributed by atoms with E-state index in [0.29, 0.717) is 62.1 Å². The highest BCUT2D eigenvalue weighted by molar-refractivity contribution is 7.91. The number of aromatic nitrogens is 1. The monoisotopic (exact) mass is 777 g/mol. The number of hydrogen-bond acceptors (Lipinski definition) is 10. The van der Waals surface area contributed by atoms with Gasteiger partial charge in [-0.25, -0.2) is 18.2 Å². The highest BCUT2D eigenvalue weighted by Gasteiger charge is 2.64. The lowest BCUT2D eigenvalue weighted by Gasteiger charge is -2.36. The quantitative estimate of drug-likeness (QED) is 0.359. The highest BCUT2D eigenvalue weighted by Crippen LogP contribution is 2.49. The van der Waals surface area contributed by atoms with Gasteiger partial charge in [-0.05, 0) is 103 Å². The van der Waals surface area contributed by atoms with Crippen molar-refractivity contribution in [2.24, 2.45) is 5.92 Å². The minimum atomic E-state index is -3.98. The average molecular weight is 778 g/mol. The summed E-state index contributed by atoms with van der Waals surface area (Å²) in [7, 11) is -2.37. The molecular formula is C40H51N5O9S. The Labute approximate surface area is 321 Å². The first kappa shape index (κ1) is 37.5. The molecule has 3 N–H and O–H groups in total. The number of fused-ring (bicyclic) bond motifs is 5. The van der Waals surface area contributed by atoms with E-state index in [4.69, 9.17) is 19.2 Å². The zero-order valence-corrected chi connectivity index (χ0v) is 32.6. The van der Waals surface area contributed by atoms with Crippen LogP contribution in [0.1, 0.15) is 102 Å². The van der Waals surface area contributed by atoms with E-state index in [1.165, 1.54) is 4.90 Å². The van der Waals surface area contributed by atoms with Crippen molar-refractivity contribution in [1.29, 1.82) is 0 Å². The second-order valence-corrected chi connectivity index (χ2v) is 18.9. The van der Waals surface area contributed by atoms with Crippen LogP contribution in [0.4, 0.5) is 4.79 Å². The molecule has 1 aromatic heterocycles. The van der Waals surface area contributed by atoms with Gasteiger partial charge in [0.25, 0.3) is 5.91 Å². The Morgan fingerprint density at radius 3 is 2.58 bits per heavy atom. The number of nitrogens with zero attached hydrogens (tertiary/aromatic N) is 2. The first-order valence-electron chi connectivity index (χ1n) is 19.7. The van der Waals surface area contributed by atoms with E-state index in [-0.39, 0.29) is 25.5 Å². The Morgan fingerprint density at radius 1 is 1.05 bits per heavy atom. The first-order chi connectivity index (χ1) is 26.3. The number of amides is 4. The standard InChI is InChI=1S/C40H51N5O9S/c1-24-33-28(29-20-27(52-3)14-15-30(29)41-24)16-17-39(54-33)22-32-34(46)43-40(36(48)44-55(50,51)38(2)18-19-38)21-25(40)10-7-5-4-6-8-13-31(35(47)45(32)23-39)42-37(49)53-26-11-9-12-26/h7,10,14-15,20,25-26,31-32H,4-6,8-9,11-13,16-19,21-23H2,1-3H3,(H,42,49)(H,43,46)(H,44,48). The van der Waals surface area contributed by atoms with E-state index in [1.807, 2.05) is 37.3 Å². The van der Waals surface area contributed by atoms with Crippen molar-refractivity contribution in [3.63, 3.8) is 0 Å². The molecule has 4 amide bonds. The number of carbonyl (C=O) groups excluding carboxylic acids is 4. The minimum absolute atomic E-state index is 0.0596. The van der Waals surface area contributed by atoms with Crippen LogP contribution in [0.25, 0.3) is 10.9 Å². The number of pyridine rings is 1. The normalized spacial score (nSPS) is 30.3. The Kier molecular flexibility index (Phi) is 9.53. The number of ether oxygens (including phenoxy) is 3. The van der Waals surface area contributed by atoms with Crippen LogP contribution < -0.4 is 24.8 Å². The fourth-order valence-electron chi connectivity index (χ4n) is 8.61. The van der Waals surface area contributed by atoms with Crippen molar-refractivity contribution in [2.75, 3.05) is 13.7 Å². The number of carbonyl (C=O) groups is 4. The second kappa shape index (κ2) is 14.0. The molecule has 8 rings (SSSR count). The SMILES string of the molecule is COc1ccc2nc(C)c3c(c2c1)CCC1(CC2C(=O)NC4(C(=O)NS(=O)(=O)C5(C)CC5)CC4C=CCCCCCC(NC(=O)OC4CCC4)C(=O)N2C1)O3. The number of aryl methyl sites for hydroxylation is 2. The van der Waals surface area contributed by atoms with Gasteiger partial charge in [0.05, 0.1) is 29.6 Å². The molecule has 4 heterocycles. The molecule has 55 heavy (non-hydrogen) atoms. The molecule has 4 fully saturated rings. The molecule has 5 atom stereocenters. The summed E-state index contributed by atoms with van der Waals surface area (Å²) in [5.74, 6) is -0.917. The molecule has 1 spiro atoms. The molecule has 1 aromatic carbocycles. The largest absolute Gasteiger partial charge is 0.497 e. The molecule has 14 nitrogen and oxygen atoms in total. The van der Waals surface area contributed by atoms with Crippen molar-refractivity contribution >= 4 is 44.7 Å². The highest BCUT2D eigenvalue weighted by atomic mass is 32.2. The average Bonchev–Trinajstić information content (AvgIpc) is 4.03. The van der Waals surface area contributed by atoms with Crippen molar-refractivity contribution in [1.82, 2.24) is 25.2 Å². The molecule has 5 unspecified atom stereocenters. The van der Waals surface area contributed by atoms with Crippen LogP contribution >= 0.6 is 0 Å². The van der Waals surface area contributed by atoms with Gasteiger partial charge in [0.2, 0.25) is 21.8 Å². The molecule has 6 aliphatic rings. The van der Waals surface area contributed by atoms with Crippen LogP contribution in [0.3, 0.4) is 0 Å². The molecule has 3 aliphatic heterocycles. The van der Waals surface area contributed by atoms with Gasteiger partial charge in [0, 0.05) is 23.3 Å². The third-order valence-corrected chi connectivity index (χ3v) is 15.0. The summed E-state index contributed by atoms with van der Waals surface area (Å²) in [6.07, 6.45) is 11.2. The lowest BCUT2D eigenvalue weighted by atomic mass is 9.87. The summed E-state index contributed by atoms with van der Waals surface area (Å²) in [4.78, 5) is 62.7. The molecule has 3 aliphatic carbocycles. The molecule has 296 valence electrons. The van der Waals surface area contributed by atoms with Gasteiger partial charge in [-0.15, -0.1) is 0 Å². The van der Waals surface area contributed by atoms with Crippen LogP contribution in [0.15, 0.2) is 30.4 Å². The molecule has 1 saturated heterocycles. The lowest BCUT2D eigenvalue weighted by Crippen LogP contribution is -2.58. The summed E-state index contributed by atoms with van der Waals surface area (Å²) >= 11 is 0. The van der Waals surface area contributed by atoms with Crippen LogP contribution in [-0.2, 0) is 35.6 Å². The number of nitrogens with one attached hydrogen (secondary N) is 3. The Balaban J connectivity index is 1.13. The van der Waals surface area contributed by atoms with Gasteiger partial charge in [-0.3, -0.25) is 19.1 Å². The number of alkyl carbamates (subject to hydrolysis) is 1. The second-order valence-electron chi connectivity index (χ2n) is 16.7. The zero-order valence-electron chi connectivity index (χ0n) is 31.8. The molecule has 0 bridgehead atoms. The lowest BCUT2D eigenvalue weighted by molar-refractivity contribution is -0.141. The van der Waals surface area contributed by atoms with Gasteiger partial charge in [0.1, 0.15) is 40.8 Å². The predicted octanol–water partition coefficient (Wildman–Crippen LogP) is 4.26. The summed E-state index contributed by atoms with van der Waals surface area (Å²) in [5, 5.41) is 6.69. The van der Waals surface area contributed by atoms with Gasteiger partial charge < -0.3 is 29.7 Å². The Morgan fingerprint density at radius 2 is 1.85 bits per heavy atom. The minimum Gasteiger partial charge on any atom is -0.497 e. The van der Waals surface area contributed by atoms with Gasteiger partial charge >= 0.3 is 6.09 Å². The summed E-state index contributed by atoms with van der Waals surface area (Å²) in [6, 6.07) is 3.68. The number of sulfonamides is 1. The number of allylic oxidation sites excluding steroid dienone is 1. The van der Waals surface area contributed by atoms with E-state index >= 15 is 0 Å². The van der Waals surface area contributed by atoms with Crippen molar-refractivity contribution in [3.05, 3.63) is 41.6 Å². The number of methoxy groups -OCH3 is 1. The fraction of sp³-hybridized carbons (Fsp3) is 0.625. The van der Waals surface area contributed by atoms with Gasteiger partial charge in [-0.2, -0.15) is 0 Å². The maximum absolute atomic E-state index is 14.7. The Bertz CT molecular complexity index is 2060. The molecule has 2 aromatic rings. The number of benzene rings is 1. The van der Waals surface area contributed by atoms with Gasteiger partial charge in [-0.1, -0.05) is 25.0 Å². The first-order valence-corrected chi connectivity index (χ1v) is 21.2. The zero-order chi connectivity index (χ0) is 38.8. The van der Waals surface area contributed by atoms with Crippen LogP contribution in [-0.4, -0.2) is 89.8 Å². The van der Waals surface area contributed by atoms with Crippen LogP contribution in [0.2, 0.25) is 0 Å². The fourth-order valence-corrected chi connectivity index (χ4v) is 9.93. The van der Waals surface area contributed by atoms with E-state index in [2.05, 4.69) is 15.4 Å². The van der Waals surface area contributed by atoms with E-state index < -0.39 is 67.7 Å². The Hall–Kier alpha value is -4.40. The predicted molar refractivity (Wildman–Crippen MR) is 202 cm³/mol. The third kappa shape index (κ3) is 7.01. The van der Waals surface area contributed by atoms with Crippen molar-refractivity contribution < 1.29 is 41.8 Å². The van der Waals surface area contributed by atoms with Crippen molar-refractivity contribution in [2.45, 2.75) is 138 Å². The summed E-state index contributed by atoms with van der Waals surface area (Å²) < 4.78 is 45.7. The molecule has 3 saturated carbocycles. The van der Waals surface area contributed by atoms with Crippen LogP contribution in [0, 0.1) is 12.8 Å². The molecule has 0 radical (unpaired) electrons.